The molecule has 4 heteroatoms. The van der Waals surface area contributed by atoms with Crippen LogP contribution in [0.3, 0.4) is 0 Å². The maximum Gasteiger partial charge on any atom is 0.248 e. The van der Waals surface area contributed by atoms with E-state index < -0.39 is 0 Å². The van der Waals surface area contributed by atoms with Crippen LogP contribution in [-0.4, -0.2) is 44.2 Å². The van der Waals surface area contributed by atoms with Gasteiger partial charge in [0, 0.05) is 14.1 Å². The molecule has 0 atom stereocenters. The predicted molar refractivity (Wildman–Crippen MR) is 50.2 cm³/mol. The van der Waals surface area contributed by atoms with Crippen molar-refractivity contribution in [3.05, 3.63) is 0 Å². The number of amides is 1. The van der Waals surface area contributed by atoms with Gasteiger partial charge in [0.25, 0.3) is 0 Å². The van der Waals surface area contributed by atoms with Crippen molar-refractivity contribution in [1.82, 2.24) is 4.90 Å². The number of hydrogen-bond acceptors (Lipinski definition) is 3. The molecule has 1 aliphatic rings. The summed E-state index contributed by atoms with van der Waals surface area (Å²) in [6.45, 7) is 0.941. The van der Waals surface area contributed by atoms with Gasteiger partial charge in [0.1, 0.15) is 6.61 Å². The molecule has 76 valence electrons. The van der Waals surface area contributed by atoms with Crippen LogP contribution < -0.4 is 5.73 Å². The van der Waals surface area contributed by atoms with Gasteiger partial charge in [-0.3, -0.25) is 4.79 Å². The molecular weight excluding hydrogens is 168 g/mol. The molecule has 0 radical (unpaired) electrons. The van der Waals surface area contributed by atoms with E-state index in [1.54, 1.807) is 19.0 Å². The Morgan fingerprint density at radius 2 is 2.15 bits per heavy atom. The molecule has 0 aromatic carbocycles. The molecule has 1 saturated carbocycles. The SMILES string of the molecule is CN(C)C(=O)COC1CC(CN)C1. The highest BCUT2D eigenvalue weighted by atomic mass is 16.5. The Hall–Kier alpha value is -0.610. The fourth-order valence-corrected chi connectivity index (χ4v) is 1.32. The van der Waals surface area contributed by atoms with Crippen molar-refractivity contribution in [1.29, 1.82) is 0 Å². The lowest BCUT2D eigenvalue weighted by atomic mass is 9.82. The quantitative estimate of drug-likeness (QED) is 0.663. The van der Waals surface area contributed by atoms with Gasteiger partial charge in [-0.25, -0.2) is 0 Å². The van der Waals surface area contributed by atoms with Gasteiger partial charge < -0.3 is 15.4 Å². The van der Waals surface area contributed by atoms with Crippen molar-refractivity contribution in [2.75, 3.05) is 27.2 Å². The lowest BCUT2D eigenvalue weighted by molar-refractivity contribution is -0.138. The predicted octanol–water partition coefficient (Wildman–Crippen LogP) is -0.171. The molecule has 1 fully saturated rings. The van der Waals surface area contributed by atoms with E-state index in [-0.39, 0.29) is 18.6 Å². The summed E-state index contributed by atoms with van der Waals surface area (Å²) < 4.78 is 5.39. The Morgan fingerprint density at radius 3 is 2.62 bits per heavy atom. The molecule has 0 aliphatic heterocycles. The first-order valence-electron chi connectivity index (χ1n) is 4.65. The van der Waals surface area contributed by atoms with Crippen LogP contribution in [0.1, 0.15) is 12.8 Å². The van der Waals surface area contributed by atoms with Crippen molar-refractivity contribution < 1.29 is 9.53 Å². The first kappa shape index (κ1) is 10.5. The number of nitrogens with zero attached hydrogens (tertiary/aromatic N) is 1. The van der Waals surface area contributed by atoms with Gasteiger partial charge in [-0.2, -0.15) is 0 Å². The van der Waals surface area contributed by atoms with E-state index in [4.69, 9.17) is 10.5 Å². The summed E-state index contributed by atoms with van der Waals surface area (Å²) in [5.74, 6) is 0.635. The van der Waals surface area contributed by atoms with Crippen LogP contribution in [-0.2, 0) is 9.53 Å². The van der Waals surface area contributed by atoms with Crippen molar-refractivity contribution in [2.45, 2.75) is 18.9 Å². The molecule has 1 amide bonds. The minimum atomic E-state index is 0.0243. The van der Waals surface area contributed by atoms with E-state index in [9.17, 15) is 4.79 Å². The van der Waals surface area contributed by atoms with Crippen LogP contribution in [0, 0.1) is 5.92 Å². The van der Waals surface area contributed by atoms with E-state index in [0.717, 1.165) is 19.4 Å². The molecule has 0 unspecified atom stereocenters. The summed E-state index contributed by atoms with van der Waals surface area (Å²) in [7, 11) is 3.46. The number of carbonyl (C=O) groups is 1. The lowest BCUT2D eigenvalue weighted by Crippen LogP contribution is -2.38. The second kappa shape index (κ2) is 4.58. The van der Waals surface area contributed by atoms with Crippen LogP contribution in [0.4, 0.5) is 0 Å². The number of hydrogen-bond donors (Lipinski definition) is 1. The first-order chi connectivity index (χ1) is 6.13. The van der Waals surface area contributed by atoms with Crippen LogP contribution >= 0.6 is 0 Å². The third kappa shape index (κ3) is 2.97. The van der Waals surface area contributed by atoms with E-state index >= 15 is 0 Å². The zero-order valence-corrected chi connectivity index (χ0v) is 8.32. The average Bonchev–Trinajstić information content (AvgIpc) is 2.01. The number of likely N-dealkylation sites (N-methyl/N-ethyl adjacent to an activating group) is 1. The Bertz CT molecular complexity index is 176. The zero-order valence-electron chi connectivity index (χ0n) is 8.32. The molecule has 2 N–H and O–H groups in total. The smallest absolute Gasteiger partial charge is 0.248 e. The maximum atomic E-state index is 11.1. The van der Waals surface area contributed by atoms with Gasteiger partial charge in [0.2, 0.25) is 5.91 Å². The first-order valence-corrected chi connectivity index (χ1v) is 4.65. The number of ether oxygens (including phenoxy) is 1. The van der Waals surface area contributed by atoms with Gasteiger partial charge in [0.05, 0.1) is 6.10 Å². The molecule has 0 spiro atoms. The minimum absolute atomic E-state index is 0.0243. The number of nitrogens with two attached hydrogens (primary N) is 1. The Labute approximate surface area is 79.0 Å². The minimum Gasteiger partial charge on any atom is -0.368 e. The number of carbonyl (C=O) groups excluding carboxylic acids is 1. The molecule has 0 bridgehead atoms. The number of rotatable bonds is 4. The van der Waals surface area contributed by atoms with Crippen molar-refractivity contribution >= 4 is 5.91 Å². The normalized spacial score (nSPS) is 26.7. The van der Waals surface area contributed by atoms with Gasteiger partial charge in [0.15, 0.2) is 0 Å². The van der Waals surface area contributed by atoms with E-state index in [1.807, 2.05) is 0 Å². The Balaban J connectivity index is 2.05. The molecule has 0 aromatic heterocycles. The van der Waals surface area contributed by atoms with E-state index in [1.165, 1.54) is 0 Å². The van der Waals surface area contributed by atoms with Crippen molar-refractivity contribution in [2.24, 2.45) is 11.7 Å². The monoisotopic (exact) mass is 186 g/mol. The van der Waals surface area contributed by atoms with E-state index in [0.29, 0.717) is 5.92 Å². The molecular formula is C9H18N2O2. The summed E-state index contributed by atoms with van der Waals surface area (Å²) >= 11 is 0. The van der Waals surface area contributed by atoms with Crippen molar-refractivity contribution in [3.63, 3.8) is 0 Å². The van der Waals surface area contributed by atoms with E-state index in [2.05, 4.69) is 0 Å². The summed E-state index contributed by atoms with van der Waals surface area (Å²) in [6.07, 6.45) is 2.28. The molecule has 0 heterocycles. The van der Waals surface area contributed by atoms with Crippen LogP contribution in [0.2, 0.25) is 0 Å². The molecule has 4 nitrogen and oxygen atoms in total. The summed E-state index contributed by atoms with van der Waals surface area (Å²) in [5, 5.41) is 0. The molecule has 0 aromatic rings. The summed E-state index contributed by atoms with van der Waals surface area (Å²) in [6, 6.07) is 0. The largest absolute Gasteiger partial charge is 0.368 e. The standard InChI is InChI=1S/C9H18N2O2/c1-11(2)9(12)6-13-8-3-7(4-8)5-10/h7-8H,3-6,10H2,1-2H3. The zero-order chi connectivity index (χ0) is 9.84. The van der Waals surface area contributed by atoms with Crippen molar-refractivity contribution in [3.8, 4) is 0 Å². The lowest BCUT2D eigenvalue weighted by Gasteiger charge is -2.34. The third-order valence-corrected chi connectivity index (χ3v) is 2.47. The third-order valence-electron chi connectivity index (χ3n) is 2.47. The van der Waals surface area contributed by atoms with Gasteiger partial charge in [-0.15, -0.1) is 0 Å². The van der Waals surface area contributed by atoms with Gasteiger partial charge in [-0.05, 0) is 25.3 Å². The van der Waals surface area contributed by atoms with Gasteiger partial charge in [-0.1, -0.05) is 0 Å². The highest BCUT2D eigenvalue weighted by molar-refractivity contribution is 5.76. The summed E-state index contributed by atoms with van der Waals surface area (Å²) in [4.78, 5) is 12.7. The van der Waals surface area contributed by atoms with Crippen LogP contribution in [0.25, 0.3) is 0 Å². The molecule has 0 saturated heterocycles. The summed E-state index contributed by atoms with van der Waals surface area (Å²) in [5.41, 5.74) is 5.47. The topological polar surface area (TPSA) is 55.6 Å². The molecule has 13 heavy (non-hydrogen) atoms. The fraction of sp³-hybridized carbons (Fsp3) is 0.889. The second-order valence-electron chi connectivity index (χ2n) is 3.79. The highest BCUT2D eigenvalue weighted by Gasteiger charge is 2.29. The molecule has 1 aliphatic carbocycles. The maximum absolute atomic E-state index is 11.1. The second-order valence-corrected chi connectivity index (χ2v) is 3.79. The Kier molecular flexibility index (Phi) is 3.69. The highest BCUT2D eigenvalue weighted by Crippen LogP contribution is 2.28. The fourth-order valence-electron chi connectivity index (χ4n) is 1.32. The Morgan fingerprint density at radius 1 is 1.54 bits per heavy atom. The molecule has 1 rings (SSSR count). The van der Waals surface area contributed by atoms with Crippen LogP contribution in [0.15, 0.2) is 0 Å². The average molecular weight is 186 g/mol. The van der Waals surface area contributed by atoms with Crippen LogP contribution in [0.5, 0.6) is 0 Å². The van der Waals surface area contributed by atoms with Gasteiger partial charge >= 0.3 is 0 Å².